The van der Waals surface area contributed by atoms with Crippen LogP contribution in [0.2, 0.25) is 0 Å². The highest BCUT2D eigenvalue weighted by Gasteiger charge is 2.15. The third-order valence-electron chi connectivity index (χ3n) is 3.99. The minimum Gasteiger partial charge on any atom is -0.454 e. The average Bonchev–Trinajstić information content (AvgIpc) is 3.18. The molecular formula is C17H21N5O2S. The highest BCUT2D eigenvalue weighted by Crippen LogP contribution is 2.33. The molecule has 0 saturated heterocycles. The van der Waals surface area contributed by atoms with Gasteiger partial charge in [-0.3, -0.25) is 4.79 Å². The number of thiophene rings is 1. The highest BCUT2D eigenvalue weighted by molar-refractivity contribution is 7.18. The second-order valence-electron chi connectivity index (χ2n) is 5.69. The summed E-state index contributed by atoms with van der Waals surface area (Å²) in [6, 6.07) is 3.44. The Kier molecular flexibility index (Phi) is 5.00. The van der Waals surface area contributed by atoms with Crippen molar-refractivity contribution in [1.82, 2.24) is 15.3 Å². The van der Waals surface area contributed by atoms with Gasteiger partial charge in [-0.2, -0.15) is 0 Å². The molecule has 1 amide bonds. The SMILES string of the molecule is CNC(=O)c1ccc(CNc2nc(CCN)nc3sc(C)c(C)c23)o1. The molecule has 3 rings (SSSR count). The van der Waals surface area contributed by atoms with Crippen LogP contribution >= 0.6 is 11.3 Å². The molecule has 3 aromatic rings. The number of aromatic nitrogens is 2. The molecule has 0 unspecified atom stereocenters. The van der Waals surface area contributed by atoms with E-state index in [1.54, 1.807) is 30.5 Å². The summed E-state index contributed by atoms with van der Waals surface area (Å²) >= 11 is 1.66. The molecule has 0 aliphatic heterocycles. The summed E-state index contributed by atoms with van der Waals surface area (Å²) in [6.07, 6.45) is 0.627. The van der Waals surface area contributed by atoms with Gasteiger partial charge in [0.1, 0.15) is 22.2 Å². The number of hydrogen-bond acceptors (Lipinski definition) is 7. The van der Waals surface area contributed by atoms with Crippen molar-refractivity contribution in [3.05, 3.63) is 39.9 Å². The van der Waals surface area contributed by atoms with Gasteiger partial charge >= 0.3 is 0 Å². The van der Waals surface area contributed by atoms with Gasteiger partial charge in [-0.15, -0.1) is 11.3 Å². The van der Waals surface area contributed by atoms with Gasteiger partial charge in [0.15, 0.2) is 5.76 Å². The molecule has 8 heteroatoms. The fourth-order valence-corrected chi connectivity index (χ4v) is 3.60. The number of fused-ring (bicyclic) bond motifs is 1. The van der Waals surface area contributed by atoms with Crippen molar-refractivity contribution in [2.75, 3.05) is 18.9 Å². The largest absolute Gasteiger partial charge is 0.454 e. The van der Waals surface area contributed by atoms with Crippen LogP contribution in [-0.2, 0) is 13.0 Å². The lowest BCUT2D eigenvalue weighted by atomic mass is 10.2. The maximum absolute atomic E-state index is 11.6. The van der Waals surface area contributed by atoms with Crippen molar-refractivity contribution >= 4 is 33.3 Å². The number of nitrogens with zero attached hydrogens (tertiary/aromatic N) is 2. The number of nitrogens with two attached hydrogens (primary N) is 1. The van der Waals surface area contributed by atoms with E-state index in [-0.39, 0.29) is 5.91 Å². The first-order chi connectivity index (χ1) is 12.0. The van der Waals surface area contributed by atoms with E-state index in [0.717, 1.165) is 21.9 Å². The van der Waals surface area contributed by atoms with Crippen LogP contribution in [0.1, 0.15) is 32.6 Å². The number of anilines is 1. The van der Waals surface area contributed by atoms with Gasteiger partial charge in [-0.1, -0.05) is 0 Å². The van der Waals surface area contributed by atoms with E-state index < -0.39 is 0 Å². The first-order valence-electron chi connectivity index (χ1n) is 8.04. The number of carbonyl (C=O) groups is 1. The monoisotopic (exact) mass is 359 g/mol. The van der Waals surface area contributed by atoms with E-state index in [0.29, 0.717) is 31.0 Å². The lowest BCUT2D eigenvalue weighted by molar-refractivity contribution is 0.0934. The number of amides is 1. The molecule has 0 aliphatic rings. The summed E-state index contributed by atoms with van der Waals surface area (Å²) in [7, 11) is 1.57. The normalized spacial score (nSPS) is 11.0. The third-order valence-corrected chi connectivity index (χ3v) is 5.09. The van der Waals surface area contributed by atoms with Crippen LogP contribution in [0, 0.1) is 13.8 Å². The van der Waals surface area contributed by atoms with Crippen molar-refractivity contribution < 1.29 is 9.21 Å². The number of aryl methyl sites for hydroxylation is 2. The fraction of sp³-hybridized carbons (Fsp3) is 0.353. The van der Waals surface area contributed by atoms with Gasteiger partial charge in [0, 0.05) is 18.3 Å². The molecule has 0 aliphatic carbocycles. The lowest BCUT2D eigenvalue weighted by Gasteiger charge is -2.08. The van der Waals surface area contributed by atoms with Crippen LogP contribution < -0.4 is 16.4 Å². The Morgan fingerprint density at radius 2 is 2.12 bits per heavy atom. The van der Waals surface area contributed by atoms with Gasteiger partial charge in [0.25, 0.3) is 5.91 Å². The summed E-state index contributed by atoms with van der Waals surface area (Å²) in [4.78, 5) is 23.0. The Balaban J connectivity index is 1.89. The van der Waals surface area contributed by atoms with Gasteiger partial charge < -0.3 is 20.8 Å². The fourth-order valence-electron chi connectivity index (χ4n) is 2.55. The van der Waals surface area contributed by atoms with Crippen LogP contribution in [0.15, 0.2) is 16.5 Å². The number of hydrogen-bond donors (Lipinski definition) is 3. The summed E-state index contributed by atoms with van der Waals surface area (Å²) in [5, 5.41) is 6.89. The molecular weight excluding hydrogens is 338 g/mol. The van der Waals surface area contributed by atoms with E-state index in [1.165, 1.54) is 10.4 Å². The Hall–Kier alpha value is -2.45. The second kappa shape index (κ2) is 7.20. The van der Waals surface area contributed by atoms with Gasteiger partial charge in [0.05, 0.1) is 11.9 Å². The van der Waals surface area contributed by atoms with Crippen LogP contribution in [0.4, 0.5) is 5.82 Å². The molecule has 0 bridgehead atoms. The van der Waals surface area contributed by atoms with E-state index >= 15 is 0 Å². The van der Waals surface area contributed by atoms with Crippen molar-refractivity contribution in [2.45, 2.75) is 26.8 Å². The maximum atomic E-state index is 11.6. The van der Waals surface area contributed by atoms with E-state index in [1.807, 2.05) is 0 Å². The zero-order valence-electron chi connectivity index (χ0n) is 14.5. The van der Waals surface area contributed by atoms with Crippen molar-refractivity contribution in [1.29, 1.82) is 0 Å². The molecule has 0 aromatic carbocycles. The average molecular weight is 359 g/mol. The topological polar surface area (TPSA) is 106 Å². The van der Waals surface area contributed by atoms with Crippen molar-refractivity contribution in [3.63, 3.8) is 0 Å². The van der Waals surface area contributed by atoms with Gasteiger partial charge in [0.2, 0.25) is 0 Å². The molecule has 0 atom stereocenters. The molecule has 7 nitrogen and oxygen atoms in total. The zero-order chi connectivity index (χ0) is 18.0. The molecule has 0 radical (unpaired) electrons. The van der Waals surface area contributed by atoms with E-state index in [2.05, 4.69) is 34.4 Å². The minimum absolute atomic E-state index is 0.245. The van der Waals surface area contributed by atoms with Gasteiger partial charge in [-0.05, 0) is 38.1 Å². The molecule has 0 fully saturated rings. The Labute approximate surface area is 149 Å². The molecule has 3 heterocycles. The van der Waals surface area contributed by atoms with Crippen LogP contribution in [0.5, 0.6) is 0 Å². The first kappa shape index (κ1) is 17.4. The maximum Gasteiger partial charge on any atom is 0.286 e. The zero-order valence-corrected chi connectivity index (χ0v) is 15.3. The number of nitrogens with one attached hydrogen (secondary N) is 2. The summed E-state index contributed by atoms with van der Waals surface area (Å²) in [5.74, 6) is 2.21. The third kappa shape index (κ3) is 3.49. The van der Waals surface area contributed by atoms with E-state index in [4.69, 9.17) is 10.2 Å². The molecule has 3 aromatic heterocycles. The second-order valence-corrected chi connectivity index (χ2v) is 6.89. The molecule has 25 heavy (non-hydrogen) atoms. The van der Waals surface area contributed by atoms with Gasteiger partial charge in [-0.25, -0.2) is 9.97 Å². The number of rotatable bonds is 6. The van der Waals surface area contributed by atoms with Crippen LogP contribution in [0.25, 0.3) is 10.2 Å². The first-order valence-corrected chi connectivity index (χ1v) is 8.86. The summed E-state index contributed by atoms with van der Waals surface area (Å²) in [6.45, 7) is 5.08. The standard InChI is InChI=1S/C17H21N5O2S/c1-9-10(2)25-17-14(9)15(21-13(22-17)6-7-18)20-8-11-4-5-12(24-11)16(23)19-3/h4-5H,6-8,18H2,1-3H3,(H,19,23)(H,20,21,22). The highest BCUT2D eigenvalue weighted by atomic mass is 32.1. The Morgan fingerprint density at radius 3 is 2.84 bits per heavy atom. The molecule has 132 valence electrons. The predicted octanol–water partition coefficient (Wildman–Crippen LogP) is 2.37. The summed E-state index contributed by atoms with van der Waals surface area (Å²) in [5.41, 5.74) is 6.82. The minimum atomic E-state index is -0.245. The molecule has 0 saturated carbocycles. The van der Waals surface area contributed by atoms with Crippen molar-refractivity contribution in [2.24, 2.45) is 5.73 Å². The predicted molar refractivity (Wildman–Crippen MR) is 99.1 cm³/mol. The van der Waals surface area contributed by atoms with Crippen LogP contribution in [0.3, 0.4) is 0 Å². The Bertz CT molecular complexity index is 915. The Morgan fingerprint density at radius 1 is 1.32 bits per heavy atom. The smallest absolute Gasteiger partial charge is 0.286 e. The molecule has 4 N–H and O–H groups in total. The lowest BCUT2D eigenvalue weighted by Crippen LogP contribution is -2.16. The molecule has 0 spiro atoms. The summed E-state index contributed by atoms with van der Waals surface area (Å²) < 4.78 is 5.55. The van der Waals surface area contributed by atoms with E-state index in [9.17, 15) is 4.79 Å². The van der Waals surface area contributed by atoms with Crippen LogP contribution in [-0.4, -0.2) is 29.5 Å². The van der Waals surface area contributed by atoms with Crippen molar-refractivity contribution in [3.8, 4) is 0 Å². The number of carbonyl (C=O) groups excluding carboxylic acids is 1. The quantitative estimate of drug-likeness (QED) is 0.624. The number of furan rings is 1.